The van der Waals surface area contributed by atoms with Crippen LogP contribution < -0.4 is 11.5 Å². The van der Waals surface area contributed by atoms with Crippen molar-refractivity contribution in [1.82, 2.24) is 0 Å². The molecule has 0 radical (unpaired) electrons. The molecule has 5 N–H and O–H groups in total. The molecule has 0 aliphatic rings. The standard InChI is InChI=1S/C2H8N2O3S.C2H4/c3-2(4)1-8(5,6)7;1-2/h2H,1,3-4H2,(H,5,6,7);1-2H2. The summed E-state index contributed by atoms with van der Waals surface area (Å²) < 4.78 is 27.7. The minimum atomic E-state index is -3.97. The van der Waals surface area contributed by atoms with Crippen molar-refractivity contribution in [2.45, 2.75) is 6.17 Å². The van der Waals surface area contributed by atoms with Gasteiger partial charge in [-0.3, -0.25) is 4.55 Å². The first kappa shape index (κ1) is 12.3. The van der Waals surface area contributed by atoms with Gasteiger partial charge in [0, 0.05) is 0 Å². The molecule has 0 unspecified atom stereocenters. The Morgan fingerprint density at radius 1 is 1.40 bits per heavy atom. The van der Waals surface area contributed by atoms with Crippen molar-refractivity contribution in [3.05, 3.63) is 13.2 Å². The first-order valence-electron chi connectivity index (χ1n) is 2.38. The minimum absolute atomic E-state index is 0.590. The molecule has 0 spiro atoms. The van der Waals surface area contributed by atoms with E-state index in [0.717, 1.165) is 0 Å². The second kappa shape index (κ2) is 5.36. The van der Waals surface area contributed by atoms with Crippen LogP contribution in [0.4, 0.5) is 0 Å². The summed E-state index contributed by atoms with van der Waals surface area (Å²) in [4.78, 5) is 0. The Hall–Kier alpha value is -0.430. The maximum absolute atomic E-state index is 9.84. The summed E-state index contributed by atoms with van der Waals surface area (Å²) in [5.41, 5.74) is 9.63. The third-order valence-corrected chi connectivity index (χ3v) is 1.21. The average Bonchev–Trinajstić information content (AvgIpc) is 1.64. The lowest BCUT2D eigenvalue weighted by atomic mass is 10.7. The molecular formula is C4H12N2O3S. The highest BCUT2D eigenvalue weighted by molar-refractivity contribution is 7.85. The molecule has 6 heteroatoms. The van der Waals surface area contributed by atoms with Crippen molar-refractivity contribution >= 4 is 10.1 Å². The van der Waals surface area contributed by atoms with Gasteiger partial charge < -0.3 is 11.5 Å². The van der Waals surface area contributed by atoms with Gasteiger partial charge in [-0.15, -0.1) is 13.2 Å². The van der Waals surface area contributed by atoms with Crippen LogP contribution in [0, 0.1) is 0 Å². The van der Waals surface area contributed by atoms with E-state index < -0.39 is 22.0 Å². The number of nitrogens with two attached hydrogens (primary N) is 2. The van der Waals surface area contributed by atoms with Crippen molar-refractivity contribution < 1.29 is 13.0 Å². The normalized spacial score (nSPS) is 10.4. The Bertz CT molecular complexity index is 163. The van der Waals surface area contributed by atoms with E-state index in [2.05, 4.69) is 13.2 Å². The molecule has 0 aromatic rings. The maximum atomic E-state index is 9.84. The van der Waals surface area contributed by atoms with E-state index in [1.165, 1.54) is 0 Å². The highest BCUT2D eigenvalue weighted by Gasteiger charge is 2.06. The van der Waals surface area contributed by atoms with Crippen LogP contribution in [0.25, 0.3) is 0 Å². The molecular weight excluding hydrogens is 156 g/mol. The lowest BCUT2D eigenvalue weighted by molar-refractivity contribution is 0.477. The van der Waals surface area contributed by atoms with Crippen molar-refractivity contribution in [3.8, 4) is 0 Å². The Morgan fingerprint density at radius 3 is 1.70 bits per heavy atom. The van der Waals surface area contributed by atoms with E-state index in [-0.39, 0.29) is 0 Å². The van der Waals surface area contributed by atoms with Gasteiger partial charge in [-0.05, 0) is 0 Å². The molecule has 10 heavy (non-hydrogen) atoms. The zero-order valence-electron chi connectivity index (χ0n) is 5.53. The van der Waals surface area contributed by atoms with Crippen LogP contribution in [0.2, 0.25) is 0 Å². The van der Waals surface area contributed by atoms with Crippen LogP contribution in [0.3, 0.4) is 0 Å². The fourth-order valence-electron chi connectivity index (χ4n) is 0.243. The van der Waals surface area contributed by atoms with Gasteiger partial charge in [0.1, 0.15) is 5.75 Å². The van der Waals surface area contributed by atoms with Gasteiger partial charge in [-0.2, -0.15) is 8.42 Å². The first-order valence-corrected chi connectivity index (χ1v) is 3.99. The van der Waals surface area contributed by atoms with Gasteiger partial charge in [-0.25, -0.2) is 0 Å². The smallest absolute Gasteiger partial charge is 0.267 e. The molecule has 0 atom stereocenters. The molecule has 0 saturated carbocycles. The summed E-state index contributed by atoms with van der Waals surface area (Å²) in [6, 6.07) is 0. The van der Waals surface area contributed by atoms with E-state index in [0.29, 0.717) is 0 Å². The van der Waals surface area contributed by atoms with Crippen molar-refractivity contribution in [3.63, 3.8) is 0 Å². The largest absolute Gasteiger partial charge is 0.315 e. The fraction of sp³-hybridized carbons (Fsp3) is 0.500. The monoisotopic (exact) mass is 168 g/mol. The van der Waals surface area contributed by atoms with Gasteiger partial charge in [0.15, 0.2) is 0 Å². The molecule has 5 nitrogen and oxygen atoms in total. The van der Waals surface area contributed by atoms with E-state index in [1.807, 2.05) is 0 Å². The average molecular weight is 168 g/mol. The minimum Gasteiger partial charge on any atom is -0.315 e. The molecule has 0 heterocycles. The van der Waals surface area contributed by atoms with Gasteiger partial charge in [-0.1, -0.05) is 0 Å². The zero-order valence-corrected chi connectivity index (χ0v) is 6.34. The van der Waals surface area contributed by atoms with Gasteiger partial charge in [0.25, 0.3) is 10.1 Å². The van der Waals surface area contributed by atoms with Crippen molar-refractivity contribution in [2.75, 3.05) is 5.75 Å². The molecule has 0 fully saturated rings. The second-order valence-electron chi connectivity index (χ2n) is 1.41. The third kappa shape index (κ3) is 15.6. The predicted molar refractivity (Wildman–Crippen MR) is 39.8 cm³/mol. The summed E-state index contributed by atoms with van der Waals surface area (Å²) >= 11 is 0. The van der Waals surface area contributed by atoms with Crippen molar-refractivity contribution in [2.24, 2.45) is 11.5 Å². The molecule has 0 amide bonds. The third-order valence-electron chi connectivity index (χ3n) is 0.403. The van der Waals surface area contributed by atoms with Crippen LogP contribution >= 0.6 is 0 Å². The lowest BCUT2D eigenvalue weighted by Crippen LogP contribution is -2.37. The molecule has 0 bridgehead atoms. The summed E-state index contributed by atoms with van der Waals surface area (Å²) in [6.07, 6.45) is -0.995. The summed E-state index contributed by atoms with van der Waals surface area (Å²) in [6.45, 7) is 6.00. The molecule has 0 rings (SSSR count). The quantitative estimate of drug-likeness (QED) is 0.276. The number of hydrogen-bond donors (Lipinski definition) is 3. The second-order valence-corrected chi connectivity index (χ2v) is 2.91. The van der Waals surface area contributed by atoms with E-state index in [9.17, 15) is 8.42 Å². The summed E-state index contributed by atoms with van der Waals surface area (Å²) in [7, 11) is -3.97. The molecule has 62 valence electrons. The molecule has 0 aliphatic heterocycles. The Labute approximate surface area is 60.5 Å². The fourth-order valence-corrected chi connectivity index (χ4v) is 0.730. The van der Waals surface area contributed by atoms with Crippen LogP contribution in [0.1, 0.15) is 0 Å². The molecule has 0 saturated heterocycles. The summed E-state index contributed by atoms with van der Waals surface area (Å²) in [5.74, 6) is -0.590. The van der Waals surface area contributed by atoms with Crippen molar-refractivity contribution in [1.29, 1.82) is 0 Å². The number of hydrogen-bond acceptors (Lipinski definition) is 4. The zero-order chi connectivity index (χ0) is 8.78. The highest BCUT2D eigenvalue weighted by Crippen LogP contribution is 1.79. The van der Waals surface area contributed by atoms with Gasteiger partial charge in [0.2, 0.25) is 0 Å². The van der Waals surface area contributed by atoms with Crippen LogP contribution in [0.5, 0.6) is 0 Å². The molecule has 0 aliphatic carbocycles. The summed E-state index contributed by atoms with van der Waals surface area (Å²) in [5, 5.41) is 0. The van der Waals surface area contributed by atoms with E-state index in [1.54, 1.807) is 0 Å². The van der Waals surface area contributed by atoms with Crippen LogP contribution in [-0.2, 0) is 10.1 Å². The van der Waals surface area contributed by atoms with Crippen LogP contribution in [0.15, 0.2) is 13.2 Å². The van der Waals surface area contributed by atoms with E-state index in [4.69, 9.17) is 16.0 Å². The van der Waals surface area contributed by atoms with Gasteiger partial charge in [0.05, 0.1) is 6.17 Å². The van der Waals surface area contributed by atoms with E-state index >= 15 is 0 Å². The Morgan fingerprint density at radius 2 is 1.70 bits per heavy atom. The van der Waals surface area contributed by atoms with Crippen LogP contribution in [-0.4, -0.2) is 24.9 Å². The Balaban J connectivity index is 0. The topological polar surface area (TPSA) is 106 Å². The van der Waals surface area contributed by atoms with Gasteiger partial charge >= 0.3 is 0 Å². The SMILES string of the molecule is C=C.NC(N)CS(=O)(=O)O. The lowest BCUT2D eigenvalue weighted by Gasteiger charge is -1.98. The maximum Gasteiger partial charge on any atom is 0.267 e. The Kier molecular flexibility index (Phi) is 6.58. The molecule has 0 aromatic heterocycles. The first-order chi connectivity index (χ1) is 4.42. The molecule has 0 aromatic carbocycles. The highest BCUT2D eigenvalue weighted by atomic mass is 32.2. The number of rotatable bonds is 2. The predicted octanol–water partition coefficient (Wildman–Crippen LogP) is -1.08.